The number of aliphatic hydroxyl groups is 1. The van der Waals surface area contributed by atoms with E-state index in [1.807, 2.05) is 41.8 Å². The molecule has 0 unspecified atom stereocenters. The molecular formula is C15H17NO3. The van der Waals surface area contributed by atoms with Crippen molar-refractivity contribution in [3.05, 3.63) is 64.1 Å². The van der Waals surface area contributed by atoms with Gasteiger partial charge in [-0.2, -0.15) is 0 Å². The fraction of sp³-hybridized carbons (Fsp3) is 0.267. The molecule has 2 rings (SSSR count). The SMILES string of the molecule is Cc1c(OCc2ccccc2)c(=O)ccn1CCO. The predicted molar refractivity (Wildman–Crippen MR) is 73.3 cm³/mol. The summed E-state index contributed by atoms with van der Waals surface area (Å²) in [6, 6.07) is 11.2. The molecule has 0 spiro atoms. The molecule has 2 aromatic rings. The van der Waals surface area contributed by atoms with E-state index in [-0.39, 0.29) is 12.0 Å². The second kappa shape index (κ2) is 6.20. The Labute approximate surface area is 111 Å². The van der Waals surface area contributed by atoms with Crippen LogP contribution < -0.4 is 10.2 Å². The number of hydrogen-bond acceptors (Lipinski definition) is 3. The summed E-state index contributed by atoms with van der Waals surface area (Å²) in [5.74, 6) is 0.347. The van der Waals surface area contributed by atoms with Crippen LogP contribution in [-0.2, 0) is 13.2 Å². The van der Waals surface area contributed by atoms with Gasteiger partial charge in [0.25, 0.3) is 0 Å². The average molecular weight is 259 g/mol. The molecule has 0 aliphatic rings. The second-order valence-electron chi connectivity index (χ2n) is 4.29. The summed E-state index contributed by atoms with van der Waals surface area (Å²) in [6.45, 7) is 2.66. The van der Waals surface area contributed by atoms with E-state index in [2.05, 4.69) is 0 Å². The smallest absolute Gasteiger partial charge is 0.223 e. The lowest BCUT2D eigenvalue weighted by Gasteiger charge is -2.13. The Balaban J connectivity index is 2.20. The molecule has 0 saturated heterocycles. The standard InChI is InChI=1S/C15H17NO3/c1-12-15(14(18)7-8-16(12)9-10-17)19-11-13-5-3-2-4-6-13/h2-8,17H,9-11H2,1H3. The van der Waals surface area contributed by atoms with E-state index in [1.54, 1.807) is 6.20 Å². The monoisotopic (exact) mass is 259 g/mol. The molecule has 0 aliphatic carbocycles. The number of benzene rings is 1. The van der Waals surface area contributed by atoms with Crippen LogP contribution in [0.25, 0.3) is 0 Å². The highest BCUT2D eigenvalue weighted by molar-refractivity contribution is 5.27. The Morgan fingerprint density at radius 1 is 1.21 bits per heavy atom. The number of ether oxygens (including phenoxy) is 1. The maximum absolute atomic E-state index is 11.8. The van der Waals surface area contributed by atoms with E-state index >= 15 is 0 Å². The van der Waals surface area contributed by atoms with Crippen molar-refractivity contribution in [2.24, 2.45) is 0 Å². The van der Waals surface area contributed by atoms with Crippen LogP contribution in [0.3, 0.4) is 0 Å². The molecular weight excluding hydrogens is 242 g/mol. The molecule has 0 radical (unpaired) electrons. The van der Waals surface area contributed by atoms with Crippen molar-refractivity contribution in [3.8, 4) is 5.75 Å². The second-order valence-corrected chi connectivity index (χ2v) is 4.29. The van der Waals surface area contributed by atoms with Crippen LogP contribution in [0.2, 0.25) is 0 Å². The van der Waals surface area contributed by atoms with Crippen LogP contribution in [-0.4, -0.2) is 16.3 Å². The lowest BCUT2D eigenvalue weighted by atomic mass is 10.2. The molecule has 1 heterocycles. The number of nitrogens with zero attached hydrogens (tertiary/aromatic N) is 1. The summed E-state index contributed by atoms with van der Waals surface area (Å²) in [5.41, 5.74) is 1.61. The number of rotatable bonds is 5. The first-order valence-electron chi connectivity index (χ1n) is 6.20. The van der Waals surface area contributed by atoms with Crippen LogP contribution in [0.15, 0.2) is 47.4 Å². The minimum absolute atomic E-state index is 0.0296. The molecule has 0 bridgehead atoms. The molecule has 0 fully saturated rings. The zero-order valence-electron chi connectivity index (χ0n) is 10.9. The van der Waals surface area contributed by atoms with Crippen LogP contribution in [0.4, 0.5) is 0 Å². The van der Waals surface area contributed by atoms with Crippen molar-refractivity contribution >= 4 is 0 Å². The minimum Gasteiger partial charge on any atom is -0.483 e. The predicted octanol–water partition coefficient (Wildman–Crippen LogP) is 1.73. The summed E-state index contributed by atoms with van der Waals surface area (Å²) in [5, 5.41) is 8.97. The van der Waals surface area contributed by atoms with Gasteiger partial charge in [-0.15, -0.1) is 0 Å². The maximum atomic E-state index is 11.8. The number of hydrogen-bond donors (Lipinski definition) is 1. The van der Waals surface area contributed by atoms with E-state index < -0.39 is 0 Å². The Kier molecular flexibility index (Phi) is 4.36. The van der Waals surface area contributed by atoms with Gasteiger partial charge in [-0.05, 0) is 12.5 Å². The first-order valence-corrected chi connectivity index (χ1v) is 6.20. The van der Waals surface area contributed by atoms with Gasteiger partial charge in [0.1, 0.15) is 6.61 Å². The van der Waals surface area contributed by atoms with Crippen molar-refractivity contribution < 1.29 is 9.84 Å². The van der Waals surface area contributed by atoms with Crippen LogP contribution >= 0.6 is 0 Å². The largest absolute Gasteiger partial charge is 0.483 e. The highest BCUT2D eigenvalue weighted by Gasteiger charge is 2.08. The molecule has 100 valence electrons. The van der Waals surface area contributed by atoms with Gasteiger partial charge in [0, 0.05) is 18.8 Å². The third-order valence-electron chi connectivity index (χ3n) is 2.96. The summed E-state index contributed by atoms with van der Waals surface area (Å²) >= 11 is 0. The lowest BCUT2D eigenvalue weighted by molar-refractivity contribution is 0.268. The van der Waals surface area contributed by atoms with E-state index in [0.717, 1.165) is 11.3 Å². The third-order valence-corrected chi connectivity index (χ3v) is 2.96. The van der Waals surface area contributed by atoms with Gasteiger partial charge < -0.3 is 14.4 Å². The van der Waals surface area contributed by atoms with Gasteiger partial charge >= 0.3 is 0 Å². The Morgan fingerprint density at radius 2 is 1.95 bits per heavy atom. The molecule has 0 amide bonds. The zero-order valence-corrected chi connectivity index (χ0v) is 10.9. The van der Waals surface area contributed by atoms with Crippen molar-refractivity contribution in [3.63, 3.8) is 0 Å². The minimum atomic E-state index is -0.136. The topological polar surface area (TPSA) is 51.5 Å². The van der Waals surface area contributed by atoms with Gasteiger partial charge in [-0.25, -0.2) is 0 Å². The molecule has 1 N–H and O–H groups in total. The summed E-state index contributed by atoms with van der Waals surface area (Å²) in [4.78, 5) is 11.8. The van der Waals surface area contributed by atoms with Gasteiger partial charge in [-0.3, -0.25) is 4.79 Å². The van der Waals surface area contributed by atoms with Crippen LogP contribution in [0.1, 0.15) is 11.3 Å². The molecule has 0 saturated carbocycles. The Hall–Kier alpha value is -2.07. The molecule has 0 aliphatic heterocycles. The molecule has 4 nitrogen and oxygen atoms in total. The first kappa shape index (κ1) is 13.4. The highest BCUT2D eigenvalue weighted by atomic mass is 16.5. The summed E-state index contributed by atoms with van der Waals surface area (Å²) in [7, 11) is 0. The van der Waals surface area contributed by atoms with Crippen molar-refractivity contribution in [1.82, 2.24) is 4.57 Å². The third kappa shape index (κ3) is 3.23. The van der Waals surface area contributed by atoms with Gasteiger partial charge in [-0.1, -0.05) is 30.3 Å². The first-order chi connectivity index (χ1) is 9.22. The fourth-order valence-electron chi connectivity index (χ4n) is 1.91. The number of aromatic nitrogens is 1. The highest BCUT2D eigenvalue weighted by Crippen LogP contribution is 2.13. The molecule has 1 aromatic heterocycles. The molecule has 1 aromatic carbocycles. The quantitative estimate of drug-likeness (QED) is 0.889. The Morgan fingerprint density at radius 3 is 2.63 bits per heavy atom. The van der Waals surface area contributed by atoms with Gasteiger partial charge in [0.05, 0.1) is 12.3 Å². The average Bonchev–Trinajstić information content (AvgIpc) is 2.43. The van der Waals surface area contributed by atoms with E-state index in [0.29, 0.717) is 18.9 Å². The lowest BCUT2D eigenvalue weighted by Crippen LogP contribution is -2.16. The van der Waals surface area contributed by atoms with Gasteiger partial charge in [0.15, 0.2) is 5.75 Å². The fourth-order valence-corrected chi connectivity index (χ4v) is 1.91. The number of aliphatic hydroxyl groups excluding tert-OH is 1. The van der Waals surface area contributed by atoms with Crippen molar-refractivity contribution in [2.75, 3.05) is 6.61 Å². The summed E-state index contributed by atoms with van der Waals surface area (Å²) in [6.07, 6.45) is 1.67. The van der Waals surface area contributed by atoms with Gasteiger partial charge in [0.2, 0.25) is 5.43 Å². The van der Waals surface area contributed by atoms with Crippen molar-refractivity contribution in [1.29, 1.82) is 0 Å². The van der Waals surface area contributed by atoms with E-state index in [9.17, 15) is 4.79 Å². The maximum Gasteiger partial charge on any atom is 0.223 e. The molecule has 0 atom stereocenters. The summed E-state index contributed by atoms with van der Waals surface area (Å²) < 4.78 is 7.43. The van der Waals surface area contributed by atoms with Crippen LogP contribution in [0, 0.1) is 6.92 Å². The van der Waals surface area contributed by atoms with Crippen LogP contribution in [0.5, 0.6) is 5.75 Å². The number of pyridine rings is 1. The molecule has 4 heteroatoms. The zero-order chi connectivity index (χ0) is 13.7. The normalized spacial score (nSPS) is 10.4. The van der Waals surface area contributed by atoms with Crippen molar-refractivity contribution in [2.45, 2.75) is 20.1 Å². The van der Waals surface area contributed by atoms with E-state index in [1.165, 1.54) is 6.07 Å². The Bertz CT molecular complexity index is 590. The van der Waals surface area contributed by atoms with E-state index in [4.69, 9.17) is 9.84 Å². The molecule has 19 heavy (non-hydrogen) atoms.